The normalized spacial score (nSPS) is 14.8. The lowest BCUT2D eigenvalue weighted by Crippen LogP contribution is -2.31. The minimum atomic E-state index is -0.112. The third-order valence-electron chi connectivity index (χ3n) is 19.7. The molecular weight excluding hydrogens is 1240 g/mol. The average molecular weight is 1330 g/mol. The van der Waals surface area contributed by atoms with E-state index in [1.165, 1.54) is 235 Å². The molecule has 10 rings (SSSR count). The van der Waals surface area contributed by atoms with Gasteiger partial charge in [-0.25, -0.2) is 0 Å². The number of benzene rings is 4. The number of rotatable bonds is 33. The van der Waals surface area contributed by atoms with E-state index in [2.05, 4.69) is 180 Å². The Bertz CT molecular complexity index is 2820. The topological polar surface area (TPSA) is 0 Å². The Morgan fingerprint density at radius 2 is 0.519 bits per heavy atom. The van der Waals surface area contributed by atoms with E-state index in [-0.39, 0.29) is 16.2 Å². The molecular formula is C75H93Br3S3. The van der Waals surface area contributed by atoms with Crippen molar-refractivity contribution < 1.29 is 0 Å². The fraction of sp³-hybridized carbons (Fsp3) is 0.520. The van der Waals surface area contributed by atoms with Gasteiger partial charge in [-0.15, -0.1) is 34.0 Å². The average Bonchev–Trinajstić information content (AvgIpc) is 1.63. The molecule has 3 aliphatic rings. The van der Waals surface area contributed by atoms with Crippen molar-refractivity contribution >= 4 is 81.8 Å². The van der Waals surface area contributed by atoms with Gasteiger partial charge in [-0.1, -0.05) is 232 Å². The number of hydrogen-bond donors (Lipinski definition) is 0. The van der Waals surface area contributed by atoms with Gasteiger partial charge in [-0.05, 0) is 224 Å². The first kappa shape index (κ1) is 61.5. The van der Waals surface area contributed by atoms with Crippen molar-refractivity contribution in [2.75, 3.05) is 0 Å². The van der Waals surface area contributed by atoms with Crippen molar-refractivity contribution in [1.82, 2.24) is 0 Å². The van der Waals surface area contributed by atoms with Crippen LogP contribution in [0.25, 0.3) is 64.7 Å². The Labute approximate surface area is 528 Å². The maximum atomic E-state index is 3.94. The van der Waals surface area contributed by atoms with Gasteiger partial charge in [0.15, 0.2) is 0 Å². The summed E-state index contributed by atoms with van der Waals surface area (Å²) < 4.78 is 3.62. The highest BCUT2D eigenvalue weighted by Crippen LogP contribution is 2.72. The molecule has 0 saturated heterocycles. The zero-order valence-corrected chi connectivity index (χ0v) is 57.4. The van der Waals surface area contributed by atoms with E-state index in [0.717, 1.165) is 0 Å². The Hall–Kier alpha value is -2.58. The fourth-order valence-corrected chi connectivity index (χ4v) is 20.0. The van der Waals surface area contributed by atoms with E-state index in [9.17, 15) is 0 Å². The molecule has 0 saturated carbocycles. The van der Waals surface area contributed by atoms with Gasteiger partial charge in [0.1, 0.15) is 0 Å². The molecule has 3 aromatic heterocycles. The molecule has 0 atom stereocenters. The monoisotopic (exact) mass is 1330 g/mol. The molecule has 7 aromatic rings. The number of thiophene rings is 3. The first-order chi connectivity index (χ1) is 39.6. The van der Waals surface area contributed by atoms with Gasteiger partial charge in [0.25, 0.3) is 0 Å². The van der Waals surface area contributed by atoms with Crippen molar-refractivity contribution in [3.05, 3.63) is 136 Å². The largest absolute Gasteiger partial charge is 0.128 e. The summed E-state index contributed by atoms with van der Waals surface area (Å²) in [5, 5.41) is 0. The molecule has 6 heteroatoms. The second-order valence-corrected chi connectivity index (χ2v) is 32.3. The standard InChI is InChI=1S/C75H93Br3S3/c1-7-13-19-25-43-73(44-26-20-14-8-2)58-34-31-52(61-37-40-64(76)79-61)49-55(58)67-70(73)68-56-50-53(62-38-41-65(77)80-62)32-35-59(56)74(45-27-21-15-9-3,46-28-22-16-10-4)72(68)69-57-51-54(63-39-42-66(78)81-63)33-36-60(57)75(71(67)69,47-29-23-17-11-5)48-30-24-18-12-6/h31-42,49-51H,7-30,43-48H2,1-6H3. The lowest BCUT2D eigenvalue weighted by molar-refractivity contribution is 0.389. The van der Waals surface area contributed by atoms with Gasteiger partial charge in [0.2, 0.25) is 0 Å². The molecule has 81 heavy (non-hydrogen) atoms. The minimum Gasteiger partial charge on any atom is -0.128 e. The number of unbranched alkanes of at least 4 members (excludes halogenated alkanes) is 18. The SMILES string of the molecule is CCCCCCC1(CCCCCC)c2ccc(-c3ccc(Br)s3)cc2-c2c1c1c(c3c2C(CCCCCC)(CCCCCC)c2ccc(-c4ccc(Br)s4)cc2-3)C(CCCCCC)(CCCCCC)c2ccc(-c3ccc(Br)s3)cc2-1. The molecule has 0 unspecified atom stereocenters. The van der Waals surface area contributed by atoms with Gasteiger partial charge in [-0.3, -0.25) is 0 Å². The lowest BCUT2D eigenvalue weighted by Gasteiger charge is -2.39. The molecule has 0 nitrogen and oxygen atoms in total. The molecule has 0 amide bonds. The van der Waals surface area contributed by atoms with Crippen LogP contribution in [0, 0.1) is 0 Å². The smallest absolute Gasteiger partial charge is 0.0705 e. The molecule has 0 N–H and O–H groups in total. The summed E-state index contributed by atoms with van der Waals surface area (Å²) in [4.78, 5) is 4.09. The Morgan fingerprint density at radius 3 is 0.716 bits per heavy atom. The summed E-state index contributed by atoms with van der Waals surface area (Å²) in [6.45, 7) is 14.4. The molecule has 4 aromatic carbocycles. The molecule has 432 valence electrons. The van der Waals surface area contributed by atoms with E-state index in [1.54, 1.807) is 66.8 Å². The van der Waals surface area contributed by atoms with Crippen LogP contribution in [0.3, 0.4) is 0 Å². The van der Waals surface area contributed by atoms with Gasteiger partial charge in [0, 0.05) is 30.9 Å². The van der Waals surface area contributed by atoms with Crippen LogP contribution in [-0.4, -0.2) is 0 Å². The van der Waals surface area contributed by atoms with Crippen LogP contribution in [0.4, 0.5) is 0 Å². The van der Waals surface area contributed by atoms with Gasteiger partial charge in [-0.2, -0.15) is 0 Å². The van der Waals surface area contributed by atoms with Crippen molar-refractivity contribution in [2.24, 2.45) is 0 Å². The highest BCUT2D eigenvalue weighted by atomic mass is 79.9. The lowest BCUT2D eigenvalue weighted by atomic mass is 9.63. The Kier molecular flexibility index (Phi) is 21.5. The van der Waals surface area contributed by atoms with Crippen molar-refractivity contribution in [1.29, 1.82) is 0 Å². The molecule has 0 aliphatic heterocycles. The van der Waals surface area contributed by atoms with Crippen molar-refractivity contribution in [3.63, 3.8) is 0 Å². The summed E-state index contributed by atoms with van der Waals surface area (Å²) in [5.41, 5.74) is 23.8. The van der Waals surface area contributed by atoms with Crippen LogP contribution in [0.1, 0.15) is 268 Å². The third-order valence-corrected chi connectivity index (χ3v) is 24.7. The molecule has 0 spiro atoms. The van der Waals surface area contributed by atoms with Crippen LogP contribution >= 0.6 is 81.8 Å². The van der Waals surface area contributed by atoms with Gasteiger partial charge < -0.3 is 0 Å². The van der Waals surface area contributed by atoms with E-state index in [0.29, 0.717) is 0 Å². The van der Waals surface area contributed by atoms with E-state index in [4.69, 9.17) is 0 Å². The number of fused-ring (bicyclic) bond motifs is 12. The molecule has 3 heterocycles. The summed E-state index contributed by atoms with van der Waals surface area (Å²) >= 11 is 17.5. The predicted octanol–water partition coefficient (Wildman–Crippen LogP) is 27.8. The van der Waals surface area contributed by atoms with E-state index in [1.807, 2.05) is 34.0 Å². The minimum absolute atomic E-state index is 0.112. The molecule has 0 radical (unpaired) electrons. The second kappa shape index (κ2) is 28.3. The summed E-state index contributed by atoms with van der Waals surface area (Å²) in [7, 11) is 0. The highest BCUT2D eigenvalue weighted by Gasteiger charge is 2.57. The maximum absolute atomic E-state index is 3.94. The van der Waals surface area contributed by atoms with Crippen LogP contribution in [0.5, 0.6) is 0 Å². The molecule has 0 fully saturated rings. The first-order valence-electron chi connectivity index (χ1n) is 32.6. The summed E-state index contributed by atoms with van der Waals surface area (Å²) in [6, 6.07) is 38.1. The van der Waals surface area contributed by atoms with E-state index >= 15 is 0 Å². The molecule has 3 aliphatic carbocycles. The van der Waals surface area contributed by atoms with E-state index < -0.39 is 0 Å². The molecule has 0 bridgehead atoms. The van der Waals surface area contributed by atoms with Gasteiger partial charge in [0.05, 0.1) is 11.4 Å². The van der Waals surface area contributed by atoms with Crippen molar-refractivity contribution in [2.45, 2.75) is 250 Å². The van der Waals surface area contributed by atoms with Crippen LogP contribution in [-0.2, 0) is 16.2 Å². The van der Waals surface area contributed by atoms with Crippen molar-refractivity contribution in [3.8, 4) is 64.7 Å². The first-order valence-corrected chi connectivity index (χ1v) is 37.4. The van der Waals surface area contributed by atoms with Crippen LogP contribution in [0.2, 0.25) is 0 Å². The third kappa shape index (κ3) is 12.3. The fourth-order valence-electron chi connectivity index (χ4n) is 15.8. The number of halogens is 3. The zero-order chi connectivity index (χ0) is 56.6. The van der Waals surface area contributed by atoms with Crippen LogP contribution < -0.4 is 0 Å². The highest BCUT2D eigenvalue weighted by molar-refractivity contribution is 9.11. The zero-order valence-electron chi connectivity index (χ0n) is 50.2. The van der Waals surface area contributed by atoms with Gasteiger partial charge >= 0.3 is 0 Å². The maximum Gasteiger partial charge on any atom is 0.0705 e. The number of hydrogen-bond acceptors (Lipinski definition) is 3. The predicted molar refractivity (Wildman–Crippen MR) is 371 cm³/mol. The Morgan fingerprint density at radius 1 is 0.284 bits per heavy atom. The second-order valence-electron chi connectivity index (χ2n) is 25.0. The summed E-state index contributed by atoms with van der Waals surface area (Å²) in [5.74, 6) is 0. The Balaban J connectivity index is 1.43. The quantitative estimate of drug-likeness (QED) is 0.0360. The van der Waals surface area contributed by atoms with Crippen LogP contribution in [0.15, 0.2) is 102 Å². The summed E-state index contributed by atoms with van der Waals surface area (Å²) in [6.07, 6.45) is 38.0.